The molecule has 2 N–H and O–H groups in total. The molecule has 1 aliphatic heterocycles. The number of imide groups is 1. The number of amides is 3. The van der Waals surface area contributed by atoms with Crippen LogP contribution in [0.3, 0.4) is 0 Å². The number of hydrogen-bond donors (Lipinski definition) is 2. The van der Waals surface area contributed by atoms with Crippen molar-refractivity contribution in [2.45, 2.75) is 26.7 Å². The highest BCUT2D eigenvalue weighted by Gasteiger charge is 2.31. The number of aliphatic carboxylic acids is 1. The van der Waals surface area contributed by atoms with E-state index in [0.29, 0.717) is 0 Å². The Hall–Kier alpha value is -1.92. The van der Waals surface area contributed by atoms with Crippen molar-refractivity contribution in [1.29, 1.82) is 0 Å². The van der Waals surface area contributed by atoms with E-state index in [-0.39, 0.29) is 31.8 Å². The zero-order valence-corrected chi connectivity index (χ0v) is 10.4. The van der Waals surface area contributed by atoms with E-state index < -0.39 is 23.2 Å². The number of nitrogens with one attached hydrogen (secondary N) is 1. The summed E-state index contributed by atoms with van der Waals surface area (Å²) in [6.45, 7) is 3.00. The maximum Gasteiger partial charge on any atom is 0.303 e. The number of carboxylic acid groups (broad SMARTS) is 1. The molecule has 0 spiro atoms. The van der Waals surface area contributed by atoms with Gasteiger partial charge in [-0.15, -0.1) is 0 Å². The summed E-state index contributed by atoms with van der Waals surface area (Å²) < 4.78 is 0. The van der Waals surface area contributed by atoms with E-state index in [4.69, 9.17) is 5.11 Å². The van der Waals surface area contributed by atoms with Crippen molar-refractivity contribution < 1.29 is 24.3 Å². The molecule has 7 heteroatoms. The highest BCUT2D eigenvalue weighted by molar-refractivity contribution is 6.02. The van der Waals surface area contributed by atoms with Crippen LogP contribution in [0, 0.1) is 5.41 Å². The highest BCUT2D eigenvalue weighted by atomic mass is 16.4. The molecule has 1 heterocycles. The topological polar surface area (TPSA) is 104 Å². The number of carbonyl (C=O) groups is 4. The van der Waals surface area contributed by atoms with Gasteiger partial charge in [0.25, 0.3) is 0 Å². The Balaban J connectivity index is 2.62. The summed E-state index contributed by atoms with van der Waals surface area (Å²) in [6, 6.07) is 0. The summed E-state index contributed by atoms with van der Waals surface area (Å²) in [4.78, 5) is 45.9. The molecule has 0 aromatic heterocycles. The first kappa shape index (κ1) is 14.1. The van der Waals surface area contributed by atoms with Crippen molar-refractivity contribution in [2.75, 3.05) is 13.1 Å². The Kier molecular flexibility index (Phi) is 4.05. The third-order valence-corrected chi connectivity index (χ3v) is 2.56. The first-order valence-corrected chi connectivity index (χ1v) is 5.52. The van der Waals surface area contributed by atoms with Crippen LogP contribution in [0.15, 0.2) is 0 Å². The SMILES string of the molecule is CC(C)(CC(=O)O)CC(=O)N1CC(=O)NC(=O)C1. The molecule has 0 bridgehead atoms. The molecule has 0 aromatic carbocycles. The van der Waals surface area contributed by atoms with Gasteiger partial charge in [-0.05, 0) is 5.41 Å². The van der Waals surface area contributed by atoms with Crippen LogP contribution in [-0.2, 0) is 19.2 Å². The summed E-state index contributed by atoms with van der Waals surface area (Å²) in [5.41, 5.74) is -0.708. The second kappa shape index (κ2) is 5.16. The van der Waals surface area contributed by atoms with Crippen LogP contribution >= 0.6 is 0 Å². The maximum atomic E-state index is 11.9. The summed E-state index contributed by atoms with van der Waals surface area (Å²) in [5.74, 6) is -2.41. The van der Waals surface area contributed by atoms with Crippen LogP contribution in [-0.4, -0.2) is 46.8 Å². The molecule has 0 aliphatic carbocycles. The zero-order valence-electron chi connectivity index (χ0n) is 10.4. The van der Waals surface area contributed by atoms with E-state index >= 15 is 0 Å². The van der Waals surface area contributed by atoms with Crippen LogP contribution in [0.4, 0.5) is 0 Å². The Morgan fingerprint density at radius 1 is 1.22 bits per heavy atom. The van der Waals surface area contributed by atoms with Crippen LogP contribution in [0.5, 0.6) is 0 Å². The van der Waals surface area contributed by atoms with Crippen LogP contribution < -0.4 is 5.32 Å². The fourth-order valence-electron chi connectivity index (χ4n) is 1.81. The predicted molar refractivity (Wildman–Crippen MR) is 60.4 cm³/mol. The fourth-order valence-corrected chi connectivity index (χ4v) is 1.81. The van der Waals surface area contributed by atoms with Crippen molar-refractivity contribution in [3.8, 4) is 0 Å². The molecule has 18 heavy (non-hydrogen) atoms. The second-order valence-electron chi connectivity index (χ2n) is 5.13. The van der Waals surface area contributed by atoms with Gasteiger partial charge in [0.2, 0.25) is 17.7 Å². The molecule has 100 valence electrons. The van der Waals surface area contributed by atoms with Gasteiger partial charge in [-0.1, -0.05) is 13.8 Å². The van der Waals surface area contributed by atoms with Gasteiger partial charge < -0.3 is 10.0 Å². The van der Waals surface area contributed by atoms with E-state index in [0.717, 1.165) is 4.90 Å². The Morgan fingerprint density at radius 3 is 2.17 bits per heavy atom. The van der Waals surface area contributed by atoms with Crippen molar-refractivity contribution in [3.05, 3.63) is 0 Å². The predicted octanol–water partition coefficient (Wildman–Crippen LogP) is -0.638. The van der Waals surface area contributed by atoms with Crippen molar-refractivity contribution in [2.24, 2.45) is 5.41 Å². The number of carbonyl (C=O) groups excluding carboxylic acids is 3. The Labute approximate surface area is 104 Å². The molecular weight excluding hydrogens is 240 g/mol. The normalized spacial score (nSPS) is 16.4. The molecular formula is C11H16N2O5. The second-order valence-corrected chi connectivity index (χ2v) is 5.13. The summed E-state index contributed by atoms with van der Waals surface area (Å²) in [5, 5.41) is 10.8. The first-order chi connectivity index (χ1) is 8.19. The zero-order chi connectivity index (χ0) is 13.9. The van der Waals surface area contributed by atoms with Crippen LogP contribution in [0.2, 0.25) is 0 Å². The minimum atomic E-state index is -0.986. The number of hydrogen-bond acceptors (Lipinski definition) is 4. The van der Waals surface area contributed by atoms with Crippen molar-refractivity contribution in [1.82, 2.24) is 10.2 Å². The average molecular weight is 256 g/mol. The molecule has 0 unspecified atom stereocenters. The molecule has 3 amide bonds. The molecule has 0 aromatic rings. The number of rotatable bonds is 4. The van der Waals surface area contributed by atoms with Gasteiger partial charge in [0.05, 0.1) is 6.42 Å². The monoisotopic (exact) mass is 256 g/mol. The minimum absolute atomic E-state index is 0.0140. The van der Waals surface area contributed by atoms with Gasteiger partial charge in [-0.2, -0.15) is 0 Å². The fraction of sp³-hybridized carbons (Fsp3) is 0.636. The van der Waals surface area contributed by atoms with Gasteiger partial charge in [-0.3, -0.25) is 24.5 Å². The molecule has 0 radical (unpaired) electrons. The van der Waals surface area contributed by atoms with Crippen molar-refractivity contribution >= 4 is 23.7 Å². The molecule has 1 saturated heterocycles. The highest BCUT2D eigenvalue weighted by Crippen LogP contribution is 2.26. The molecule has 1 aliphatic rings. The number of nitrogens with zero attached hydrogens (tertiary/aromatic N) is 1. The lowest BCUT2D eigenvalue weighted by molar-refractivity contribution is -0.147. The van der Waals surface area contributed by atoms with E-state index in [1.165, 1.54) is 0 Å². The van der Waals surface area contributed by atoms with Gasteiger partial charge in [-0.25, -0.2) is 0 Å². The minimum Gasteiger partial charge on any atom is -0.481 e. The third-order valence-electron chi connectivity index (χ3n) is 2.56. The largest absolute Gasteiger partial charge is 0.481 e. The Morgan fingerprint density at radius 2 is 1.72 bits per heavy atom. The van der Waals surface area contributed by atoms with E-state index in [1.807, 2.05) is 0 Å². The Bertz CT molecular complexity index is 386. The lowest BCUT2D eigenvalue weighted by Gasteiger charge is -2.29. The first-order valence-electron chi connectivity index (χ1n) is 5.52. The lowest BCUT2D eigenvalue weighted by atomic mass is 9.85. The standard InChI is InChI=1S/C11H16N2O5/c1-11(2,4-10(17)18)3-9(16)13-5-7(14)12-8(15)6-13/h3-6H2,1-2H3,(H,17,18)(H,12,14,15). The molecule has 7 nitrogen and oxygen atoms in total. The van der Waals surface area contributed by atoms with Gasteiger partial charge in [0, 0.05) is 6.42 Å². The van der Waals surface area contributed by atoms with E-state index in [2.05, 4.69) is 5.32 Å². The quantitative estimate of drug-likeness (QED) is 0.651. The van der Waals surface area contributed by atoms with Gasteiger partial charge in [0.1, 0.15) is 13.1 Å². The van der Waals surface area contributed by atoms with E-state index in [1.54, 1.807) is 13.8 Å². The summed E-state index contributed by atoms with van der Waals surface area (Å²) >= 11 is 0. The molecule has 0 saturated carbocycles. The third kappa shape index (κ3) is 4.15. The van der Waals surface area contributed by atoms with Crippen LogP contribution in [0.1, 0.15) is 26.7 Å². The average Bonchev–Trinajstić information content (AvgIpc) is 2.12. The smallest absolute Gasteiger partial charge is 0.303 e. The molecule has 0 atom stereocenters. The maximum absolute atomic E-state index is 11.9. The number of piperazine rings is 1. The summed E-state index contributed by atoms with van der Waals surface area (Å²) in [6.07, 6.45) is -0.160. The summed E-state index contributed by atoms with van der Waals surface area (Å²) in [7, 11) is 0. The molecule has 1 fully saturated rings. The van der Waals surface area contributed by atoms with Crippen LogP contribution in [0.25, 0.3) is 0 Å². The molecule has 1 rings (SSSR count). The van der Waals surface area contributed by atoms with Crippen molar-refractivity contribution in [3.63, 3.8) is 0 Å². The van der Waals surface area contributed by atoms with Gasteiger partial charge in [0.15, 0.2) is 0 Å². The van der Waals surface area contributed by atoms with Gasteiger partial charge >= 0.3 is 5.97 Å². The number of carboxylic acids is 1. The lowest BCUT2D eigenvalue weighted by Crippen LogP contribution is -2.53. The van der Waals surface area contributed by atoms with E-state index in [9.17, 15) is 19.2 Å².